The molecule has 0 unspecified atom stereocenters. The van der Waals surface area contributed by atoms with Crippen LogP contribution >= 0.6 is 0 Å². The van der Waals surface area contributed by atoms with Crippen molar-refractivity contribution >= 4 is 5.91 Å². The van der Waals surface area contributed by atoms with Gasteiger partial charge in [0.25, 0.3) is 5.91 Å². The van der Waals surface area contributed by atoms with Crippen LogP contribution in [0.3, 0.4) is 0 Å². The molecule has 5 nitrogen and oxygen atoms in total. The van der Waals surface area contributed by atoms with Gasteiger partial charge >= 0.3 is 0 Å². The first-order chi connectivity index (χ1) is 11.3. The van der Waals surface area contributed by atoms with E-state index >= 15 is 0 Å². The monoisotopic (exact) mass is 317 g/mol. The molecule has 1 atom stereocenters. The van der Waals surface area contributed by atoms with Gasteiger partial charge in [-0.1, -0.05) is 0 Å². The number of benzene rings is 1. The topological polar surface area (TPSA) is 58.8 Å². The average molecular weight is 317 g/mol. The van der Waals surface area contributed by atoms with Crippen LogP contribution in [0.1, 0.15) is 36.0 Å². The Balaban J connectivity index is 1.61. The van der Waals surface area contributed by atoms with Crippen molar-refractivity contribution in [3.8, 4) is 5.75 Å². The maximum absolute atomic E-state index is 12.8. The third-order valence-corrected chi connectivity index (χ3v) is 4.79. The Hall–Kier alpha value is -1.59. The molecular weight excluding hydrogens is 290 g/mol. The minimum absolute atomic E-state index is 0.150. The number of carbonyl (C=O) groups excluding carboxylic acids is 1. The van der Waals surface area contributed by atoms with Crippen molar-refractivity contribution in [1.82, 2.24) is 9.80 Å². The van der Waals surface area contributed by atoms with Crippen LogP contribution in [0, 0.1) is 0 Å². The molecule has 2 heterocycles. The van der Waals surface area contributed by atoms with Gasteiger partial charge in [-0.2, -0.15) is 0 Å². The van der Waals surface area contributed by atoms with E-state index in [1.54, 1.807) is 0 Å². The van der Waals surface area contributed by atoms with Gasteiger partial charge in [-0.05, 0) is 63.0 Å². The smallest absolute Gasteiger partial charge is 0.254 e. The zero-order valence-electron chi connectivity index (χ0n) is 13.7. The summed E-state index contributed by atoms with van der Waals surface area (Å²) in [5.74, 6) is 0.916. The summed E-state index contributed by atoms with van der Waals surface area (Å²) in [6.07, 6.45) is 4.83. The van der Waals surface area contributed by atoms with Crippen molar-refractivity contribution < 1.29 is 9.53 Å². The molecule has 126 valence electrons. The fourth-order valence-electron chi connectivity index (χ4n) is 3.59. The summed E-state index contributed by atoms with van der Waals surface area (Å²) in [6.45, 7) is 5.27. The summed E-state index contributed by atoms with van der Waals surface area (Å²) < 4.78 is 5.47. The fourth-order valence-corrected chi connectivity index (χ4v) is 3.59. The van der Waals surface area contributed by atoms with Crippen LogP contribution in [-0.4, -0.2) is 61.1 Å². The Morgan fingerprint density at radius 2 is 1.87 bits per heavy atom. The molecule has 0 bridgehead atoms. The summed E-state index contributed by atoms with van der Waals surface area (Å²) in [6, 6.07) is 7.80. The Bertz CT molecular complexity index is 512. The number of rotatable bonds is 6. The third-order valence-electron chi connectivity index (χ3n) is 4.79. The van der Waals surface area contributed by atoms with Crippen LogP contribution in [0.5, 0.6) is 5.75 Å². The van der Waals surface area contributed by atoms with E-state index in [9.17, 15) is 4.79 Å². The van der Waals surface area contributed by atoms with E-state index in [0.29, 0.717) is 19.2 Å². The van der Waals surface area contributed by atoms with Gasteiger partial charge in [0.05, 0.1) is 0 Å². The van der Waals surface area contributed by atoms with Crippen molar-refractivity contribution in [3.63, 3.8) is 0 Å². The van der Waals surface area contributed by atoms with Gasteiger partial charge in [0.15, 0.2) is 0 Å². The van der Waals surface area contributed by atoms with Crippen LogP contribution in [0.4, 0.5) is 0 Å². The summed E-state index contributed by atoms with van der Waals surface area (Å²) in [5, 5.41) is 0. The van der Waals surface area contributed by atoms with Gasteiger partial charge in [-0.25, -0.2) is 0 Å². The van der Waals surface area contributed by atoms with Gasteiger partial charge < -0.3 is 20.3 Å². The zero-order chi connectivity index (χ0) is 16.1. The molecule has 1 amide bonds. The van der Waals surface area contributed by atoms with Gasteiger partial charge in [0.1, 0.15) is 12.4 Å². The lowest BCUT2D eigenvalue weighted by Crippen LogP contribution is -2.42. The van der Waals surface area contributed by atoms with Gasteiger partial charge in [-0.15, -0.1) is 0 Å². The van der Waals surface area contributed by atoms with E-state index in [0.717, 1.165) is 37.2 Å². The van der Waals surface area contributed by atoms with Crippen molar-refractivity contribution in [2.75, 3.05) is 39.3 Å². The van der Waals surface area contributed by atoms with E-state index in [2.05, 4.69) is 9.80 Å². The highest BCUT2D eigenvalue weighted by molar-refractivity contribution is 5.94. The number of carbonyl (C=O) groups is 1. The highest BCUT2D eigenvalue weighted by atomic mass is 16.5. The summed E-state index contributed by atoms with van der Waals surface area (Å²) >= 11 is 0. The minimum Gasteiger partial charge on any atom is -0.492 e. The van der Waals surface area contributed by atoms with Gasteiger partial charge in [0.2, 0.25) is 0 Å². The number of hydrogen-bond donors (Lipinski definition) is 1. The second-order valence-electron chi connectivity index (χ2n) is 6.46. The molecule has 2 aliphatic rings. The van der Waals surface area contributed by atoms with Crippen LogP contribution in [0.15, 0.2) is 24.3 Å². The largest absolute Gasteiger partial charge is 0.492 e. The quantitative estimate of drug-likeness (QED) is 0.868. The Labute approximate surface area is 138 Å². The molecule has 0 saturated carbocycles. The van der Waals surface area contributed by atoms with Crippen molar-refractivity contribution in [2.45, 2.75) is 31.7 Å². The van der Waals surface area contributed by atoms with Crippen molar-refractivity contribution in [1.29, 1.82) is 0 Å². The number of hydrogen-bond acceptors (Lipinski definition) is 4. The molecule has 0 spiro atoms. The van der Waals surface area contributed by atoms with Gasteiger partial charge in [0, 0.05) is 31.2 Å². The molecule has 2 saturated heterocycles. The molecule has 2 fully saturated rings. The molecule has 0 aliphatic carbocycles. The number of likely N-dealkylation sites (tertiary alicyclic amines) is 2. The summed E-state index contributed by atoms with van der Waals surface area (Å²) in [5.41, 5.74) is 6.18. The van der Waals surface area contributed by atoms with Crippen LogP contribution < -0.4 is 10.5 Å². The van der Waals surface area contributed by atoms with E-state index in [-0.39, 0.29) is 5.91 Å². The van der Waals surface area contributed by atoms with Crippen molar-refractivity contribution in [2.24, 2.45) is 5.73 Å². The number of nitrogens with zero attached hydrogens (tertiary/aromatic N) is 2. The second-order valence-corrected chi connectivity index (χ2v) is 6.46. The molecule has 0 aromatic heterocycles. The summed E-state index contributed by atoms with van der Waals surface area (Å²) in [7, 11) is 0. The number of amides is 1. The number of ether oxygens (including phenoxy) is 1. The number of nitrogens with two attached hydrogens (primary N) is 1. The van der Waals surface area contributed by atoms with Gasteiger partial charge in [-0.3, -0.25) is 4.79 Å². The standard InChI is InChI=1S/C18H27N3O2/c19-9-13-23-17-7-5-15(6-8-17)18(22)21-12-3-4-16(21)14-20-10-1-2-11-20/h5-8,16H,1-4,9-14,19H2/t16-/m0/s1. The molecule has 5 heteroatoms. The van der Waals surface area contributed by atoms with E-state index in [1.165, 1.54) is 25.9 Å². The van der Waals surface area contributed by atoms with E-state index in [4.69, 9.17) is 10.5 Å². The van der Waals surface area contributed by atoms with E-state index in [1.807, 2.05) is 24.3 Å². The first-order valence-corrected chi connectivity index (χ1v) is 8.74. The third kappa shape index (κ3) is 4.03. The van der Waals surface area contributed by atoms with Crippen LogP contribution in [0.2, 0.25) is 0 Å². The lowest BCUT2D eigenvalue weighted by molar-refractivity contribution is 0.0708. The minimum atomic E-state index is 0.150. The molecule has 1 aromatic carbocycles. The maximum atomic E-state index is 12.8. The van der Waals surface area contributed by atoms with Crippen LogP contribution in [0.25, 0.3) is 0 Å². The summed E-state index contributed by atoms with van der Waals surface area (Å²) in [4.78, 5) is 17.4. The SMILES string of the molecule is NCCOc1ccc(C(=O)N2CCC[C@H]2CN2CCCC2)cc1. The normalized spacial score (nSPS) is 21.8. The second kappa shape index (κ2) is 7.79. The first-order valence-electron chi connectivity index (χ1n) is 8.74. The zero-order valence-corrected chi connectivity index (χ0v) is 13.7. The molecule has 1 aromatic rings. The molecular formula is C18H27N3O2. The Kier molecular flexibility index (Phi) is 5.51. The van der Waals surface area contributed by atoms with Crippen LogP contribution in [-0.2, 0) is 0 Å². The Morgan fingerprint density at radius 3 is 2.57 bits per heavy atom. The molecule has 3 rings (SSSR count). The average Bonchev–Trinajstić information content (AvgIpc) is 3.25. The molecule has 2 aliphatic heterocycles. The molecule has 23 heavy (non-hydrogen) atoms. The van der Waals surface area contributed by atoms with Crippen molar-refractivity contribution in [3.05, 3.63) is 29.8 Å². The molecule has 2 N–H and O–H groups in total. The Morgan fingerprint density at radius 1 is 1.13 bits per heavy atom. The fraction of sp³-hybridized carbons (Fsp3) is 0.611. The highest BCUT2D eigenvalue weighted by Crippen LogP contribution is 2.23. The first kappa shape index (κ1) is 16.3. The predicted octanol–water partition coefficient (Wildman–Crippen LogP) is 1.72. The predicted molar refractivity (Wildman–Crippen MR) is 90.7 cm³/mol. The maximum Gasteiger partial charge on any atom is 0.254 e. The lowest BCUT2D eigenvalue weighted by atomic mass is 10.1. The molecule has 0 radical (unpaired) electrons. The lowest BCUT2D eigenvalue weighted by Gasteiger charge is -2.28. The highest BCUT2D eigenvalue weighted by Gasteiger charge is 2.31. The van der Waals surface area contributed by atoms with E-state index < -0.39 is 0 Å².